The first-order valence-electron chi connectivity index (χ1n) is 10.5. The summed E-state index contributed by atoms with van der Waals surface area (Å²) in [6.07, 6.45) is 9.70. The lowest BCUT2D eigenvalue weighted by atomic mass is 9.72. The normalized spacial score (nSPS) is 23.8. The smallest absolute Gasteiger partial charge is 0.311 e. The van der Waals surface area contributed by atoms with Crippen LogP contribution in [0.25, 0.3) is 0 Å². The Hall–Kier alpha value is -2.90. The number of hydrogen-bond acceptors (Lipinski definition) is 3. The first kappa shape index (κ1) is 21.3. The fourth-order valence-electron chi connectivity index (χ4n) is 4.77. The fourth-order valence-corrected chi connectivity index (χ4v) is 4.77. The van der Waals surface area contributed by atoms with Crippen molar-refractivity contribution in [3.63, 3.8) is 0 Å². The molecule has 1 fully saturated rings. The number of nitrogens with zero attached hydrogens (tertiary/aromatic N) is 1. The minimum Gasteiger partial charge on any atom is -0.311 e. The maximum Gasteiger partial charge on any atom is 0.416 e. The van der Waals surface area contributed by atoms with Gasteiger partial charge in [-0.2, -0.15) is 13.2 Å². The van der Waals surface area contributed by atoms with Gasteiger partial charge in [-0.25, -0.2) is 4.79 Å². The van der Waals surface area contributed by atoms with Crippen molar-refractivity contribution in [2.45, 2.75) is 50.6 Å². The van der Waals surface area contributed by atoms with Crippen LogP contribution in [0, 0.1) is 11.8 Å². The molecule has 31 heavy (non-hydrogen) atoms. The van der Waals surface area contributed by atoms with E-state index in [9.17, 15) is 22.8 Å². The van der Waals surface area contributed by atoms with Crippen LogP contribution in [-0.4, -0.2) is 15.0 Å². The van der Waals surface area contributed by atoms with Crippen molar-refractivity contribution in [3.05, 3.63) is 86.0 Å². The van der Waals surface area contributed by atoms with Crippen LogP contribution in [0.1, 0.15) is 60.5 Å². The second-order valence-electron chi connectivity index (χ2n) is 8.34. The molecule has 164 valence electrons. The molecule has 2 aromatic heterocycles. The van der Waals surface area contributed by atoms with Gasteiger partial charge in [0.05, 0.1) is 5.56 Å². The van der Waals surface area contributed by atoms with Crippen LogP contribution < -0.4 is 11.2 Å². The Balaban J connectivity index is 1.57. The van der Waals surface area contributed by atoms with E-state index in [2.05, 4.69) is 39.3 Å². The fraction of sp³-hybridized carbons (Fsp3) is 0.435. The van der Waals surface area contributed by atoms with Gasteiger partial charge in [0.15, 0.2) is 0 Å². The molecular formula is C23H24F3N3O2. The predicted molar refractivity (Wildman–Crippen MR) is 111 cm³/mol. The minimum absolute atomic E-state index is 0.00448. The summed E-state index contributed by atoms with van der Waals surface area (Å²) in [7, 11) is 0. The van der Waals surface area contributed by atoms with Crippen LogP contribution in [0.5, 0.6) is 0 Å². The van der Waals surface area contributed by atoms with Crippen LogP contribution in [0.4, 0.5) is 13.2 Å². The molecule has 4 rings (SSSR count). The third kappa shape index (κ3) is 4.89. The number of H-pyrrole nitrogens is 2. The Morgan fingerprint density at radius 2 is 1.84 bits per heavy atom. The van der Waals surface area contributed by atoms with Gasteiger partial charge in [-0.1, -0.05) is 24.3 Å². The summed E-state index contributed by atoms with van der Waals surface area (Å²) in [5.74, 6) is 1.06. The van der Waals surface area contributed by atoms with Crippen LogP contribution in [0.2, 0.25) is 0 Å². The third-order valence-electron chi connectivity index (χ3n) is 6.38. The van der Waals surface area contributed by atoms with Gasteiger partial charge in [0.25, 0.3) is 5.56 Å². The average Bonchev–Trinajstić information content (AvgIpc) is 2.76. The van der Waals surface area contributed by atoms with E-state index in [1.807, 2.05) is 0 Å². The van der Waals surface area contributed by atoms with Crippen LogP contribution in [0.3, 0.4) is 0 Å². The summed E-state index contributed by atoms with van der Waals surface area (Å²) in [6, 6.07) is 1.85. The van der Waals surface area contributed by atoms with E-state index in [-0.39, 0.29) is 23.6 Å². The quantitative estimate of drug-likeness (QED) is 0.750. The maximum absolute atomic E-state index is 13.0. The zero-order chi connectivity index (χ0) is 22.0. The van der Waals surface area contributed by atoms with Crippen molar-refractivity contribution in [3.8, 4) is 0 Å². The number of rotatable bonds is 4. The highest BCUT2D eigenvalue weighted by Crippen LogP contribution is 2.40. The summed E-state index contributed by atoms with van der Waals surface area (Å²) < 4.78 is 39.1. The molecule has 0 aromatic carbocycles. The summed E-state index contributed by atoms with van der Waals surface area (Å²) in [6.45, 7) is 0. The lowest BCUT2D eigenvalue weighted by molar-refractivity contribution is -0.137. The zero-order valence-corrected chi connectivity index (χ0v) is 16.9. The first-order chi connectivity index (χ1) is 14.8. The molecule has 1 atom stereocenters. The molecule has 2 heterocycles. The molecule has 0 amide bonds. The van der Waals surface area contributed by atoms with Gasteiger partial charge in [-0.3, -0.25) is 14.8 Å². The van der Waals surface area contributed by atoms with Crippen molar-refractivity contribution in [2.75, 3.05) is 0 Å². The Morgan fingerprint density at radius 1 is 1.06 bits per heavy atom. The van der Waals surface area contributed by atoms with E-state index >= 15 is 0 Å². The summed E-state index contributed by atoms with van der Waals surface area (Å²) in [5.41, 5.74) is -1.01. The highest BCUT2D eigenvalue weighted by molar-refractivity contribution is 5.29. The molecule has 0 bridgehead atoms. The Bertz CT molecular complexity index is 1110. The lowest BCUT2D eigenvalue weighted by Crippen LogP contribution is -2.31. The monoisotopic (exact) mass is 431 g/mol. The van der Waals surface area contributed by atoms with Crippen LogP contribution >= 0.6 is 0 Å². The van der Waals surface area contributed by atoms with Gasteiger partial charge in [0.1, 0.15) is 0 Å². The SMILES string of the molecule is O=c1[nH]c(=O)c(Cc2cc(C(F)(F)F)ccn2)c([C@H]2CC[C@H](C3C=CC=CC3)CC2)[nH]1. The van der Waals surface area contributed by atoms with E-state index < -0.39 is 23.0 Å². The Kier molecular flexibility index (Phi) is 5.98. The van der Waals surface area contributed by atoms with Gasteiger partial charge < -0.3 is 4.98 Å². The summed E-state index contributed by atoms with van der Waals surface area (Å²) in [4.78, 5) is 33.5. The molecule has 1 unspecified atom stereocenters. The van der Waals surface area contributed by atoms with Gasteiger partial charge in [-0.05, 0) is 62.0 Å². The standard InChI is InChI=1S/C23H24F3N3O2/c24-23(25,26)17-10-11-27-18(12-17)13-19-20(28-22(31)29-21(19)30)16-8-6-15(7-9-16)14-4-2-1-3-5-14/h1-4,10-12,14-16H,5-9,13H2,(H2,28,29,30,31)/t14?,15-,16-. The molecule has 0 aliphatic heterocycles. The zero-order valence-electron chi connectivity index (χ0n) is 16.9. The number of alkyl halides is 3. The molecule has 2 aliphatic rings. The molecule has 2 N–H and O–H groups in total. The van der Waals surface area contributed by atoms with Gasteiger partial charge >= 0.3 is 11.9 Å². The van der Waals surface area contributed by atoms with E-state index in [1.165, 1.54) is 0 Å². The summed E-state index contributed by atoms with van der Waals surface area (Å²) in [5, 5.41) is 0. The highest BCUT2D eigenvalue weighted by atomic mass is 19.4. The number of aromatic amines is 2. The van der Waals surface area contributed by atoms with Crippen molar-refractivity contribution >= 4 is 0 Å². The Morgan fingerprint density at radius 3 is 2.52 bits per heavy atom. The number of halogens is 3. The van der Waals surface area contributed by atoms with E-state index in [0.29, 0.717) is 17.5 Å². The largest absolute Gasteiger partial charge is 0.416 e. The number of hydrogen-bond donors (Lipinski definition) is 2. The van der Waals surface area contributed by atoms with Gasteiger partial charge in [0, 0.05) is 29.6 Å². The van der Waals surface area contributed by atoms with E-state index in [1.54, 1.807) is 0 Å². The minimum atomic E-state index is -4.49. The van der Waals surface area contributed by atoms with Crippen molar-refractivity contribution in [2.24, 2.45) is 11.8 Å². The lowest BCUT2D eigenvalue weighted by Gasteiger charge is -2.33. The maximum atomic E-state index is 13.0. The number of allylic oxidation sites excluding steroid dienone is 4. The molecule has 0 saturated heterocycles. The number of nitrogens with one attached hydrogen (secondary N) is 2. The number of aromatic nitrogens is 3. The first-order valence-corrected chi connectivity index (χ1v) is 10.5. The molecule has 8 heteroatoms. The van der Waals surface area contributed by atoms with Crippen molar-refractivity contribution < 1.29 is 13.2 Å². The van der Waals surface area contributed by atoms with Crippen LogP contribution in [0.15, 0.2) is 52.2 Å². The molecule has 0 radical (unpaired) electrons. The average molecular weight is 431 g/mol. The second kappa shape index (κ2) is 8.69. The van der Waals surface area contributed by atoms with Crippen LogP contribution in [-0.2, 0) is 12.6 Å². The molecule has 2 aromatic rings. The summed E-state index contributed by atoms with van der Waals surface area (Å²) >= 11 is 0. The molecule has 1 saturated carbocycles. The second-order valence-corrected chi connectivity index (χ2v) is 8.34. The third-order valence-corrected chi connectivity index (χ3v) is 6.38. The number of pyridine rings is 1. The van der Waals surface area contributed by atoms with Gasteiger partial charge in [0.2, 0.25) is 0 Å². The Labute approximate surface area is 177 Å². The van der Waals surface area contributed by atoms with Gasteiger partial charge in [-0.15, -0.1) is 0 Å². The molecular weight excluding hydrogens is 407 g/mol. The van der Waals surface area contributed by atoms with Crippen molar-refractivity contribution in [1.82, 2.24) is 15.0 Å². The predicted octanol–water partition coefficient (Wildman–Crippen LogP) is 4.47. The van der Waals surface area contributed by atoms with E-state index in [0.717, 1.165) is 50.4 Å². The molecule has 2 aliphatic carbocycles. The molecule has 0 spiro atoms. The van der Waals surface area contributed by atoms with Crippen molar-refractivity contribution in [1.29, 1.82) is 0 Å². The highest BCUT2D eigenvalue weighted by Gasteiger charge is 2.32. The topological polar surface area (TPSA) is 78.6 Å². The molecule has 5 nitrogen and oxygen atoms in total. The van der Waals surface area contributed by atoms with E-state index in [4.69, 9.17) is 0 Å².